The van der Waals surface area contributed by atoms with Gasteiger partial charge in [0.05, 0.1) is 46.4 Å². The Morgan fingerprint density at radius 1 is 1.16 bits per heavy atom. The lowest BCUT2D eigenvalue weighted by Gasteiger charge is -2.42. The number of piperazine rings is 1. The first-order valence-corrected chi connectivity index (χ1v) is 14.6. The molecule has 6 rings (SSSR count). The van der Waals surface area contributed by atoms with Crippen LogP contribution in [-0.2, 0) is 4.74 Å². The quantitative estimate of drug-likeness (QED) is 0.343. The van der Waals surface area contributed by atoms with Gasteiger partial charge in [-0.2, -0.15) is 20.0 Å². The van der Waals surface area contributed by atoms with Crippen LogP contribution in [0.3, 0.4) is 0 Å². The molecule has 1 saturated carbocycles. The Morgan fingerprint density at radius 3 is 2.58 bits per heavy atom. The average Bonchev–Trinajstić information content (AvgIpc) is 3.55. The molecule has 3 aromatic rings. The molecule has 4 heterocycles. The molecular weight excluding hydrogens is 574 g/mol. The van der Waals surface area contributed by atoms with Gasteiger partial charge in [0.25, 0.3) is 0 Å². The highest BCUT2D eigenvalue weighted by molar-refractivity contribution is 6.36. The number of hydrogen-bond acceptors (Lipinski definition) is 11. The molecule has 224 valence electrons. The number of imidazole rings is 1. The largest absolute Gasteiger partial charge is 0.465 e. The molecule has 43 heavy (non-hydrogen) atoms. The van der Waals surface area contributed by atoms with Gasteiger partial charge in [-0.25, -0.2) is 9.78 Å². The lowest BCUT2D eigenvalue weighted by molar-refractivity contribution is 0.0137. The number of anilines is 4. The SMILES string of the molecule is COC(C)C1C(N2CCN(c3cc(C#N)cc(Nc4nc(NC5CC5)c5ncc(C#N)n5n4)c3Cl)CC2)CCN1C(=O)O. The first-order valence-electron chi connectivity index (χ1n) is 14.3. The van der Waals surface area contributed by atoms with Gasteiger partial charge in [-0.05, 0) is 38.3 Å². The molecule has 1 amide bonds. The molecule has 3 fully saturated rings. The van der Waals surface area contributed by atoms with Crippen molar-refractivity contribution in [3.8, 4) is 12.1 Å². The lowest BCUT2D eigenvalue weighted by Crippen LogP contribution is -2.57. The van der Waals surface area contributed by atoms with Crippen LogP contribution in [0, 0.1) is 22.7 Å². The van der Waals surface area contributed by atoms with Crippen LogP contribution in [0.25, 0.3) is 5.65 Å². The minimum atomic E-state index is -0.925. The van der Waals surface area contributed by atoms with Crippen LogP contribution in [-0.4, -0.2) is 105 Å². The van der Waals surface area contributed by atoms with Gasteiger partial charge in [0, 0.05) is 51.9 Å². The second-order valence-electron chi connectivity index (χ2n) is 11.1. The predicted octanol–water partition coefficient (Wildman–Crippen LogP) is 3.12. The van der Waals surface area contributed by atoms with Crippen molar-refractivity contribution in [2.45, 2.75) is 50.4 Å². The van der Waals surface area contributed by atoms with Crippen LogP contribution < -0.4 is 15.5 Å². The smallest absolute Gasteiger partial charge is 0.407 e. The van der Waals surface area contributed by atoms with Crippen molar-refractivity contribution in [3.05, 3.63) is 34.6 Å². The summed E-state index contributed by atoms with van der Waals surface area (Å²) in [5, 5.41) is 40.5. The number of hydrogen-bond donors (Lipinski definition) is 3. The van der Waals surface area contributed by atoms with Crippen molar-refractivity contribution in [2.24, 2.45) is 0 Å². The summed E-state index contributed by atoms with van der Waals surface area (Å²) in [5.74, 6) is 0.723. The Hall–Kier alpha value is -4.37. The summed E-state index contributed by atoms with van der Waals surface area (Å²) in [5.41, 5.74) is 2.33. The van der Waals surface area contributed by atoms with Crippen LogP contribution in [0.15, 0.2) is 18.3 Å². The molecule has 2 aromatic heterocycles. The third kappa shape index (κ3) is 5.57. The summed E-state index contributed by atoms with van der Waals surface area (Å²) in [4.78, 5) is 26.8. The van der Waals surface area contributed by atoms with Crippen molar-refractivity contribution in [2.75, 3.05) is 55.4 Å². The Labute approximate surface area is 253 Å². The Bertz CT molecular complexity index is 1620. The van der Waals surface area contributed by atoms with Crippen LogP contribution in [0.1, 0.15) is 37.4 Å². The van der Waals surface area contributed by atoms with E-state index < -0.39 is 6.09 Å². The van der Waals surface area contributed by atoms with E-state index in [0.29, 0.717) is 72.2 Å². The number of aromatic nitrogens is 4. The summed E-state index contributed by atoms with van der Waals surface area (Å²) >= 11 is 6.95. The summed E-state index contributed by atoms with van der Waals surface area (Å²) in [6, 6.07) is 7.85. The van der Waals surface area contributed by atoms with Gasteiger partial charge in [0.2, 0.25) is 5.95 Å². The number of carbonyl (C=O) groups is 1. The number of amides is 1. The van der Waals surface area contributed by atoms with Crippen LogP contribution >= 0.6 is 11.6 Å². The van der Waals surface area contributed by atoms with Gasteiger partial charge < -0.3 is 30.3 Å². The number of ether oxygens (including phenoxy) is 1. The first-order chi connectivity index (χ1) is 20.8. The van der Waals surface area contributed by atoms with Crippen molar-refractivity contribution < 1.29 is 14.6 Å². The molecule has 0 spiro atoms. The Morgan fingerprint density at radius 2 is 1.93 bits per heavy atom. The second-order valence-corrected chi connectivity index (χ2v) is 11.5. The number of nitriles is 2. The number of carboxylic acid groups (broad SMARTS) is 1. The maximum Gasteiger partial charge on any atom is 0.407 e. The minimum absolute atomic E-state index is 0.0540. The van der Waals surface area contributed by atoms with Crippen molar-refractivity contribution in [1.29, 1.82) is 10.5 Å². The zero-order chi connectivity index (χ0) is 30.2. The standard InChI is InChI=1S/C28H32ClN11O3/c1-16(43-2)24-21(5-6-39(24)28(41)42)37-7-9-38(10-8-37)22-12-17(13-30)11-20(23(22)29)34-27-35-25(33-18-3-4-18)26-32-15-19(14-31)40(26)36-27/h11-12,15-16,18,21,24H,3-10H2,1-2H3,(H,41,42)(H2,33,34,35,36). The Kier molecular flexibility index (Phi) is 7.83. The predicted molar refractivity (Wildman–Crippen MR) is 159 cm³/mol. The highest BCUT2D eigenvalue weighted by atomic mass is 35.5. The zero-order valence-corrected chi connectivity index (χ0v) is 24.6. The fourth-order valence-corrected chi connectivity index (χ4v) is 6.34. The number of nitrogens with one attached hydrogen (secondary N) is 2. The second kappa shape index (κ2) is 11.7. The number of methoxy groups -OCH3 is 1. The van der Waals surface area contributed by atoms with E-state index in [1.165, 1.54) is 15.6 Å². The molecule has 0 radical (unpaired) electrons. The topological polar surface area (TPSA) is 171 Å². The number of fused-ring (bicyclic) bond motifs is 1. The van der Waals surface area contributed by atoms with E-state index in [-0.39, 0.29) is 29.8 Å². The van der Waals surface area contributed by atoms with E-state index in [0.717, 1.165) is 19.3 Å². The van der Waals surface area contributed by atoms with E-state index in [1.54, 1.807) is 19.2 Å². The molecule has 3 unspecified atom stereocenters. The molecule has 3 N–H and O–H groups in total. The maximum absolute atomic E-state index is 11.9. The number of benzene rings is 1. The van der Waals surface area contributed by atoms with Gasteiger partial charge in [-0.3, -0.25) is 4.90 Å². The molecule has 1 aliphatic carbocycles. The first kappa shape index (κ1) is 28.7. The molecule has 3 atom stereocenters. The summed E-state index contributed by atoms with van der Waals surface area (Å²) < 4.78 is 7.00. The molecule has 3 aliphatic rings. The third-order valence-electron chi connectivity index (χ3n) is 8.47. The number of likely N-dealkylation sites (tertiary alicyclic amines) is 1. The van der Waals surface area contributed by atoms with Gasteiger partial charge in [0.1, 0.15) is 6.07 Å². The average molecular weight is 606 g/mol. The van der Waals surface area contributed by atoms with Crippen LogP contribution in [0.5, 0.6) is 0 Å². The molecule has 14 nitrogen and oxygen atoms in total. The van der Waals surface area contributed by atoms with Gasteiger partial charge in [0.15, 0.2) is 17.2 Å². The molecule has 2 saturated heterocycles. The summed E-state index contributed by atoms with van der Waals surface area (Å²) in [7, 11) is 1.61. The van der Waals surface area contributed by atoms with Gasteiger partial charge in [-0.1, -0.05) is 11.6 Å². The van der Waals surface area contributed by atoms with Crippen molar-refractivity contribution >= 4 is 46.5 Å². The summed E-state index contributed by atoms with van der Waals surface area (Å²) in [6.07, 6.45) is 3.10. The fraction of sp³-hybridized carbons (Fsp3) is 0.500. The zero-order valence-electron chi connectivity index (χ0n) is 23.9. The highest BCUT2D eigenvalue weighted by Crippen LogP contribution is 2.37. The monoisotopic (exact) mass is 605 g/mol. The molecule has 2 aliphatic heterocycles. The third-order valence-corrected chi connectivity index (χ3v) is 8.86. The molecular formula is C28H32ClN11O3. The van der Waals surface area contributed by atoms with E-state index >= 15 is 0 Å². The molecule has 0 bridgehead atoms. The number of halogens is 1. The van der Waals surface area contributed by atoms with Gasteiger partial charge >= 0.3 is 6.09 Å². The van der Waals surface area contributed by atoms with E-state index in [2.05, 4.69) is 47.6 Å². The highest BCUT2D eigenvalue weighted by Gasteiger charge is 2.44. The number of nitrogens with zero attached hydrogens (tertiary/aromatic N) is 9. The normalized spacial score (nSPS) is 21.4. The van der Waals surface area contributed by atoms with Crippen LogP contribution in [0.2, 0.25) is 5.02 Å². The van der Waals surface area contributed by atoms with Crippen molar-refractivity contribution in [1.82, 2.24) is 29.4 Å². The number of rotatable bonds is 8. The van der Waals surface area contributed by atoms with E-state index in [4.69, 9.17) is 16.3 Å². The summed E-state index contributed by atoms with van der Waals surface area (Å²) in [6.45, 7) is 5.08. The molecule has 15 heteroatoms. The van der Waals surface area contributed by atoms with Gasteiger partial charge in [-0.15, -0.1) is 5.10 Å². The maximum atomic E-state index is 11.9. The van der Waals surface area contributed by atoms with E-state index in [9.17, 15) is 20.4 Å². The Balaban J connectivity index is 1.24. The lowest BCUT2D eigenvalue weighted by atomic mass is 10.0. The van der Waals surface area contributed by atoms with Crippen LogP contribution in [0.4, 0.5) is 27.9 Å². The van der Waals surface area contributed by atoms with E-state index in [1.807, 2.05) is 6.92 Å². The molecule has 1 aromatic carbocycles. The van der Waals surface area contributed by atoms with Crippen molar-refractivity contribution in [3.63, 3.8) is 0 Å². The fourth-order valence-electron chi connectivity index (χ4n) is 6.06. The minimum Gasteiger partial charge on any atom is -0.465 e.